The third kappa shape index (κ3) is 3.80. The maximum Gasteiger partial charge on any atom is 0.234 e. The number of hydrogen-bond donors (Lipinski definition) is 1. The molecule has 24 heavy (non-hydrogen) atoms. The molecule has 0 fully saturated rings. The van der Waals surface area contributed by atoms with E-state index in [9.17, 15) is 9.18 Å². The number of benzene rings is 2. The van der Waals surface area contributed by atoms with Gasteiger partial charge in [0, 0.05) is 11.4 Å². The Morgan fingerprint density at radius 1 is 1.17 bits per heavy atom. The predicted octanol–water partition coefficient (Wildman–Crippen LogP) is 3.45. The van der Waals surface area contributed by atoms with E-state index in [0.29, 0.717) is 10.8 Å². The second-order valence-electron chi connectivity index (χ2n) is 5.05. The number of aromatic nitrogens is 3. The van der Waals surface area contributed by atoms with Gasteiger partial charge in [0.25, 0.3) is 0 Å². The van der Waals surface area contributed by atoms with Crippen molar-refractivity contribution in [1.29, 1.82) is 0 Å². The van der Waals surface area contributed by atoms with Crippen LogP contribution in [-0.2, 0) is 4.79 Å². The van der Waals surface area contributed by atoms with Crippen LogP contribution in [0.4, 0.5) is 10.1 Å². The normalized spacial score (nSPS) is 10.6. The summed E-state index contributed by atoms with van der Waals surface area (Å²) in [5.41, 5.74) is 1.37. The molecule has 7 heteroatoms. The van der Waals surface area contributed by atoms with Gasteiger partial charge in [0.2, 0.25) is 5.91 Å². The molecule has 122 valence electrons. The van der Waals surface area contributed by atoms with Crippen molar-refractivity contribution < 1.29 is 9.18 Å². The lowest BCUT2D eigenvalue weighted by Crippen LogP contribution is -2.14. The van der Waals surface area contributed by atoms with E-state index in [2.05, 4.69) is 15.5 Å². The van der Waals surface area contributed by atoms with Gasteiger partial charge in [-0.25, -0.2) is 4.39 Å². The Labute approximate surface area is 142 Å². The molecule has 1 N–H and O–H groups in total. The zero-order valence-corrected chi connectivity index (χ0v) is 13.8. The molecule has 0 radical (unpaired) electrons. The average molecular weight is 342 g/mol. The van der Waals surface area contributed by atoms with Crippen molar-refractivity contribution in [2.75, 3.05) is 11.1 Å². The smallest absolute Gasteiger partial charge is 0.234 e. The molecule has 0 aliphatic rings. The molecule has 5 nitrogen and oxygen atoms in total. The summed E-state index contributed by atoms with van der Waals surface area (Å²) in [7, 11) is 0. The van der Waals surface area contributed by atoms with Gasteiger partial charge in [-0.1, -0.05) is 36.0 Å². The lowest BCUT2D eigenvalue weighted by atomic mass is 10.3. The highest BCUT2D eigenvalue weighted by atomic mass is 32.2. The van der Waals surface area contributed by atoms with Crippen molar-refractivity contribution in [3.8, 4) is 5.69 Å². The van der Waals surface area contributed by atoms with E-state index in [1.807, 2.05) is 41.8 Å². The van der Waals surface area contributed by atoms with E-state index in [1.54, 1.807) is 12.1 Å². The van der Waals surface area contributed by atoms with Crippen molar-refractivity contribution in [3.63, 3.8) is 0 Å². The highest BCUT2D eigenvalue weighted by Gasteiger charge is 2.13. The highest BCUT2D eigenvalue weighted by molar-refractivity contribution is 7.99. The minimum atomic E-state index is -0.389. The van der Waals surface area contributed by atoms with Crippen LogP contribution >= 0.6 is 11.8 Å². The number of anilines is 1. The van der Waals surface area contributed by atoms with E-state index >= 15 is 0 Å². The maximum absolute atomic E-state index is 13.1. The SMILES string of the molecule is Cc1nnc(SCC(=O)Nc2cccc(F)c2)n1-c1ccccc1. The van der Waals surface area contributed by atoms with Gasteiger partial charge in [0.15, 0.2) is 5.16 Å². The van der Waals surface area contributed by atoms with Crippen LogP contribution < -0.4 is 5.32 Å². The second-order valence-corrected chi connectivity index (χ2v) is 5.99. The summed E-state index contributed by atoms with van der Waals surface area (Å²) < 4.78 is 15.0. The van der Waals surface area contributed by atoms with Crippen molar-refractivity contribution in [3.05, 3.63) is 66.2 Å². The molecular formula is C17H15FN4OS. The molecule has 0 atom stereocenters. The molecule has 3 aromatic rings. The summed E-state index contributed by atoms with van der Waals surface area (Å²) >= 11 is 1.28. The van der Waals surface area contributed by atoms with Crippen LogP contribution in [0.25, 0.3) is 5.69 Å². The molecule has 0 aliphatic carbocycles. The minimum Gasteiger partial charge on any atom is -0.325 e. The Morgan fingerprint density at radius 2 is 1.96 bits per heavy atom. The highest BCUT2D eigenvalue weighted by Crippen LogP contribution is 2.22. The first-order valence-electron chi connectivity index (χ1n) is 7.29. The number of hydrogen-bond acceptors (Lipinski definition) is 4. The van der Waals surface area contributed by atoms with Gasteiger partial charge in [-0.3, -0.25) is 9.36 Å². The van der Waals surface area contributed by atoms with Gasteiger partial charge in [-0.05, 0) is 37.3 Å². The number of amides is 1. The first-order chi connectivity index (χ1) is 11.6. The molecule has 0 aliphatic heterocycles. The Bertz CT molecular complexity index is 851. The van der Waals surface area contributed by atoms with E-state index < -0.39 is 0 Å². The molecule has 0 spiro atoms. The van der Waals surface area contributed by atoms with E-state index in [-0.39, 0.29) is 17.5 Å². The third-order valence-corrected chi connectivity index (χ3v) is 4.18. The summed E-state index contributed by atoms with van der Waals surface area (Å²) in [6.07, 6.45) is 0. The number of nitrogens with one attached hydrogen (secondary N) is 1. The lowest BCUT2D eigenvalue weighted by molar-refractivity contribution is -0.113. The van der Waals surface area contributed by atoms with Gasteiger partial charge < -0.3 is 5.32 Å². The predicted molar refractivity (Wildman–Crippen MR) is 91.8 cm³/mol. The molecule has 3 rings (SSSR count). The molecule has 0 saturated heterocycles. The fraction of sp³-hybridized carbons (Fsp3) is 0.118. The molecule has 1 aromatic heterocycles. The first-order valence-corrected chi connectivity index (χ1v) is 8.28. The van der Waals surface area contributed by atoms with Crippen molar-refractivity contribution in [1.82, 2.24) is 14.8 Å². The molecule has 2 aromatic carbocycles. The number of thioether (sulfide) groups is 1. The van der Waals surface area contributed by atoms with Gasteiger partial charge >= 0.3 is 0 Å². The van der Waals surface area contributed by atoms with Crippen LogP contribution in [0.2, 0.25) is 0 Å². The number of para-hydroxylation sites is 1. The molecule has 1 amide bonds. The standard InChI is InChI=1S/C17H15FN4OS/c1-12-20-21-17(22(12)15-8-3-2-4-9-15)24-11-16(23)19-14-7-5-6-13(18)10-14/h2-10H,11H2,1H3,(H,19,23). The average Bonchev–Trinajstić information content (AvgIpc) is 2.94. The summed E-state index contributed by atoms with van der Waals surface area (Å²) in [6, 6.07) is 15.5. The number of aryl methyl sites for hydroxylation is 1. The number of nitrogens with zero attached hydrogens (tertiary/aromatic N) is 3. The topological polar surface area (TPSA) is 59.8 Å². The van der Waals surface area contributed by atoms with Crippen molar-refractivity contribution in [2.24, 2.45) is 0 Å². The lowest BCUT2D eigenvalue weighted by Gasteiger charge is -2.08. The second kappa shape index (κ2) is 7.27. The molecular weight excluding hydrogens is 327 g/mol. The summed E-state index contributed by atoms with van der Waals surface area (Å²) in [4.78, 5) is 12.0. The minimum absolute atomic E-state index is 0.154. The Kier molecular flexibility index (Phi) is 4.90. The van der Waals surface area contributed by atoms with E-state index in [1.165, 1.54) is 23.9 Å². The first kappa shape index (κ1) is 16.2. The van der Waals surface area contributed by atoms with Crippen molar-refractivity contribution >= 4 is 23.4 Å². The molecule has 0 saturated carbocycles. The summed E-state index contributed by atoms with van der Waals surface area (Å²) in [5.74, 6) is 0.279. The summed E-state index contributed by atoms with van der Waals surface area (Å²) in [6.45, 7) is 1.86. The number of carbonyl (C=O) groups is 1. The number of halogens is 1. The zero-order chi connectivity index (χ0) is 16.9. The van der Waals surface area contributed by atoms with Crippen LogP contribution in [0.15, 0.2) is 59.8 Å². The number of carbonyl (C=O) groups excluding carboxylic acids is 1. The fourth-order valence-corrected chi connectivity index (χ4v) is 3.00. The Morgan fingerprint density at radius 3 is 2.71 bits per heavy atom. The van der Waals surface area contributed by atoms with E-state index in [4.69, 9.17) is 0 Å². The van der Waals surface area contributed by atoms with Gasteiger partial charge in [0.05, 0.1) is 5.75 Å². The monoisotopic (exact) mass is 342 g/mol. The van der Waals surface area contributed by atoms with Gasteiger partial charge in [-0.15, -0.1) is 10.2 Å². The fourth-order valence-electron chi connectivity index (χ4n) is 2.20. The molecule has 0 bridgehead atoms. The maximum atomic E-state index is 13.1. The Balaban J connectivity index is 1.68. The number of rotatable bonds is 5. The van der Waals surface area contributed by atoms with Crippen LogP contribution in [0.3, 0.4) is 0 Å². The van der Waals surface area contributed by atoms with Crippen LogP contribution in [-0.4, -0.2) is 26.4 Å². The largest absolute Gasteiger partial charge is 0.325 e. The molecule has 1 heterocycles. The van der Waals surface area contributed by atoms with Crippen LogP contribution in [0.1, 0.15) is 5.82 Å². The zero-order valence-electron chi connectivity index (χ0n) is 12.9. The van der Waals surface area contributed by atoms with Crippen molar-refractivity contribution in [2.45, 2.75) is 12.1 Å². The summed E-state index contributed by atoms with van der Waals surface area (Å²) in [5, 5.41) is 11.5. The third-order valence-electron chi connectivity index (χ3n) is 3.25. The van der Waals surface area contributed by atoms with Crippen LogP contribution in [0.5, 0.6) is 0 Å². The van der Waals surface area contributed by atoms with E-state index in [0.717, 1.165) is 11.5 Å². The van der Waals surface area contributed by atoms with Crippen LogP contribution in [0, 0.1) is 12.7 Å². The van der Waals surface area contributed by atoms with Gasteiger partial charge in [-0.2, -0.15) is 0 Å². The molecule has 0 unspecified atom stereocenters. The van der Waals surface area contributed by atoms with Gasteiger partial charge in [0.1, 0.15) is 11.6 Å². The Hall–Kier alpha value is -2.67. The quantitative estimate of drug-likeness (QED) is 0.722.